The van der Waals surface area contributed by atoms with E-state index in [1.165, 1.54) is 4.68 Å². The van der Waals surface area contributed by atoms with E-state index in [1.54, 1.807) is 9.47 Å². The average molecular weight is 380 g/mol. The van der Waals surface area contributed by atoms with Gasteiger partial charge in [0.05, 0.1) is 11.7 Å². The minimum atomic E-state index is -0.259. The molecule has 1 saturated heterocycles. The molecule has 1 aromatic carbocycles. The van der Waals surface area contributed by atoms with Crippen LogP contribution in [0, 0.1) is 13.8 Å². The number of nitrogens with zero attached hydrogens (tertiary/aromatic N) is 6. The number of amides is 1. The van der Waals surface area contributed by atoms with E-state index in [-0.39, 0.29) is 24.2 Å². The van der Waals surface area contributed by atoms with E-state index < -0.39 is 0 Å². The van der Waals surface area contributed by atoms with Gasteiger partial charge >= 0.3 is 5.69 Å². The van der Waals surface area contributed by atoms with Crippen LogP contribution in [0.5, 0.6) is 0 Å². The molecule has 28 heavy (non-hydrogen) atoms. The van der Waals surface area contributed by atoms with Gasteiger partial charge in [0.2, 0.25) is 5.91 Å². The van der Waals surface area contributed by atoms with Crippen LogP contribution in [0.15, 0.2) is 41.2 Å². The third-order valence-corrected chi connectivity index (χ3v) is 5.16. The summed E-state index contributed by atoms with van der Waals surface area (Å²) in [4.78, 5) is 27.1. The molecular formula is C20H24N6O2. The maximum Gasteiger partial charge on any atom is 0.346 e. The summed E-state index contributed by atoms with van der Waals surface area (Å²) < 4.78 is 4.84. The Kier molecular flexibility index (Phi) is 4.62. The van der Waals surface area contributed by atoms with E-state index in [9.17, 15) is 9.59 Å². The van der Waals surface area contributed by atoms with Crippen molar-refractivity contribution in [2.75, 3.05) is 13.1 Å². The summed E-state index contributed by atoms with van der Waals surface area (Å²) >= 11 is 0. The number of benzene rings is 1. The van der Waals surface area contributed by atoms with Gasteiger partial charge in [0.1, 0.15) is 6.54 Å². The Morgan fingerprint density at radius 3 is 2.46 bits per heavy atom. The smallest absolute Gasteiger partial charge is 0.337 e. The Morgan fingerprint density at radius 2 is 1.86 bits per heavy atom. The van der Waals surface area contributed by atoms with Crippen molar-refractivity contribution < 1.29 is 4.79 Å². The zero-order valence-corrected chi connectivity index (χ0v) is 16.4. The van der Waals surface area contributed by atoms with Gasteiger partial charge in [-0.15, -0.1) is 5.10 Å². The van der Waals surface area contributed by atoms with Gasteiger partial charge in [-0.25, -0.2) is 9.48 Å². The molecule has 0 aliphatic carbocycles. The van der Waals surface area contributed by atoms with E-state index in [0.29, 0.717) is 25.5 Å². The molecule has 2 aromatic heterocycles. The first-order valence-electron chi connectivity index (χ1n) is 9.51. The normalized spacial score (nSPS) is 14.3. The molecule has 8 heteroatoms. The van der Waals surface area contributed by atoms with Crippen LogP contribution in [0.1, 0.15) is 24.4 Å². The highest BCUT2D eigenvalue weighted by atomic mass is 16.2. The van der Waals surface area contributed by atoms with Crippen LogP contribution in [0.4, 0.5) is 0 Å². The maximum absolute atomic E-state index is 12.7. The Hall–Kier alpha value is -3.16. The highest BCUT2D eigenvalue weighted by molar-refractivity contribution is 5.76. The maximum atomic E-state index is 12.7. The van der Waals surface area contributed by atoms with Crippen molar-refractivity contribution in [1.82, 2.24) is 29.0 Å². The van der Waals surface area contributed by atoms with Crippen LogP contribution in [-0.4, -0.2) is 48.0 Å². The first kappa shape index (κ1) is 18.2. The van der Waals surface area contributed by atoms with Crippen LogP contribution in [0.25, 0.3) is 11.4 Å². The van der Waals surface area contributed by atoms with Crippen molar-refractivity contribution in [1.29, 1.82) is 0 Å². The average Bonchev–Trinajstić information content (AvgIpc) is 3.13. The lowest BCUT2D eigenvalue weighted by Gasteiger charge is -2.39. The number of aryl methyl sites for hydroxylation is 2. The quantitative estimate of drug-likeness (QED) is 0.674. The zero-order chi connectivity index (χ0) is 19.8. The first-order valence-corrected chi connectivity index (χ1v) is 9.51. The van der Waals surface area contributed by atoms with Gasteiger partial charge in [-0.05, 0) is 26.8 Å². The lowest BCUT2D eigenvalue weighted by Crippen LogP contribution is -2.52. The summed E-state index contributed by atoms with van der Waals surface area (Å²) in [7, 11) is 0. The van der Waals surface area contributed by atoms with E-state index >= 15 is 0 Å². The molecule has 1 fully saturated rings. The summed E-state index contributed by atoms with van der Waals surface area (Å²) in [5, 5.41) is 8.92. The van der Waals surface area contributed by atoms with Crippen molar-refractivity contribution in [3.8, 4) is 11.4 Å². The minimum absolute atomic E-state index is 0.0461. The molecule has 4 rings (SSSR count). The highest BCUT2D eigenvalue weighted by Gasteiger charge is 2.33. The van der Waals surface area contributed by atoms with Gasteiger partial charge in [-0.2, -0.15) is 5.10 Å². The van der Waals surface area contributed by atoms with Gasteiger partial charge in [-0.1, -0.05) is 30.3 Å². The third kappa shape index (κ3) is 3.15. The lowest BCUT2D eigenvalue weighted by molar-refractivity contribution is -0.138. The van der Waals surface area contributed by atoms with Crippen LogP contribution in [0.2, 0.25) is 0 Å². The third-order valence-electron chi connectivity index (χ3n) is 5.16. The number of hydrogen-bond donors (Lipinski definition) is 0. The summed E-state index contributed by atoms with van der Waals surface area (Å²) in [5.74, 6) is 0.491. The molecule has 1 aliphatic heterocycles. The minimum Gasteiger partial charge on any atom is -0.337 e. The van der Waals surface area contributed by atoms with Gasteiger partial charge in [0.25, 0.3) is 0 Å². The van der Waals surface area contributed by atoms with Crippen molar-refractivity contribution in [3.05, 3.63) is 58.3 Å². The Balaban J connectivity index is 1.48. The second-order valence-corrected chi connectivity index (χ2v) is 7.20. The van der Waals surface area contributed by atoms with Crippen molar-refractivity contribution >= 4 is 5.91 Å². The number of hydrogen-bond acceptors (Lipinski definition) is 4. The topological polar surface area (TPSA) is 78.0 Å². The second-order valence-electron chi connectivity index (χ2n) is 7.20. The fourth-order valence-corrected chi connectivity index (χ4v) is 3.69. The highest BCUT2D eigenvalue weighted by Crippen LogP contribution is 2.23. The second kappa shape index (κ2) is 7.10. The Morgan fingerprint density at radius 1 is 1.14 bits per heavy atom. The molecule has 8 nitrogen and oxygen atoms in total. The molecule has 1 aliphatic rings. The van der Waals surface area contributed by atoms with E-state index in [0.717, 1.165) is 17.0 Å². The standard InChI is InChI=1S/C20H24N6O2/c1-4-24-19(16-8-6-5-7-9-16)22-25(20(24)28)13-18(27)23-11-17(12-23)26-15(3)10-14(2)21-26/h5-10,17H,4,11-13H2,1-3H3. The van der Waals surface area contributed by atoms with Crippen molar-refractivity contribution in [2.45, 2.75) is 39.9 Å². The van der Waals surface area contributed by atoms with E-state index in [1.807, 2.05) is 61.9 Å². The number of rotatable bonds is 5. The predicted octanol–water partition coefficient (Wildman–Crippen LogP) is 1.63. The summed E-state index contributed by atoms with van der Waals surface area (Å²) in [5.41, 5.74) is 2.68. The predicted molar refractivity (Wildman–Crippen MR) is 105 cm³/mol. The molecular weight excluding hydrogens is 356 g/mol. The molecule has 0 spiro atoms. The molecule has 1 amide bonds. The van der Waals surface area contributed by atoms with Crippen LogP contribution in [0.3, 0.4) is 0 Å². The molecule has 0 unspecified atom stereocenters. The van der Waals surface area contributed by atoms with Crippen molar-refractivity contribution in [2.24, 2.45) is 0 Å². The molecule has 146 valence electrons. The van der Waals surface area contributed by atoms with Gasteiger partial charge < -0.3 is 4.90 Å². The molecule has 0 bridgehead atoms. The van der Waals surface area contributed by atoms with Crippen molar-refractivity contribution in [3.63, 3.8) is 0 Å². The summed E-state index contributed by atoms with van der Waals surface area (Å²) in [6.07, 6.45) is 0. The molecule has 3 aromatic rings. The molecule has 3 heterocycles. The first-order chi connectivity index (χ1) is 13.5. The largest absolute Gasteiger partial charge is 0.346 e. The number of likely N-dealkylation sites (tertiary alicyclic amines) is 1. The fourth-order valence-electron chi connectivity index (χ4n) is 3.69. The summed E-state index contributed by atoms with van der Waals surface area (Å²) in [6.45, 7) is 7.55. The number of aromatic nitrogens is 5. The molecule has 0 atom stereocenters. The van der Waals surface area contributed by atoms with E-state index in [2.05, 4.69) is 10.2 Å². The van der Waals surface area contributed by atoms with Gasteiger partial charge in [0.15, 0.2) is 5.82 Å². The number of carbonyl (C=O) groups excluding carboxylic acids is 1. The van der Waals surface area contributed by atoms with Gasteiger partial charge in [-0.3, -0.25) is 14.0 Å². The lowest BCUT2D eigenvalue weighted by atomic mass is 10.1. The molecule has 0 radical (unpaired) electrons. The van der Waals surface area contributed by atoms with Crippen LogP contribution >= 0.6 is 0 Å². The SMILES string of the molecule is CCn1c(-c2ccccc2)nn(CC(=O)N2CC(n3nc(C)cc3C)C2)c1=O. The summed E-state index contributed by atoms with van der Waals surface area (Å²) in [6, 6.07) is 11.8. The Labute approximate surface area is 163 Å². The molecule has 0 N–H and O–H groups in total. The van der Waals surface area contributed by atoms with Crippen LogP contribution in [-0.2, 0) is 17.9 Å². The monoisotopic (exact) mass is 380 g/mol. The van der Waals surface area contributed by atoms with E-state index in [4.69, 9.17) is 0 Å². The Bertz CT molecular complexity index is 1060. The molecule has 0 saturated carbocycles. The van der Waals surface area contributed by atoms with Crippen LogP contribution < -0.4 is 5.69 Å². The van der Waals surface area contributed by atoms with Gasteiger partial charge in [0, 0.05) is 30.9 Å². The fraction of sp³-hybridized carbons (Fsp3) is 0.400. The zero-order valence-electron chi connectivity index (χ0n) is 16.4. The number of carbonyl (C=O) groups is 1.